The van der Waals surface area contributed by atoms with Crippen LogP contribution < -0.4 is 9.47 Å². The molecule has 4 aliphatic rings. The van der Waals surface area contributed by atoms with Gasteiger partial charge in [0.1, 0.15) is 11.9 Å². The van der Waals surface area contributed by atoms with Crippen molar-refractivity contribution in [1.82, 2.24) is 4.90 Å². The Balaban J connectivity index is 1.72. The molecule has 1 aromatic carbocycles. The highest BCUT2D eigenvalue weighted by Crippen LogP contribution is 2.54. The first-order chi connectivity index (χ1) is 11.6. The highest BCUT2D eigenvalue weighted by atomic mass is 16.7. The molecule has 1 fully saturated rings. The van der Waals surface area contributed by atoms with Crippen LogP contribution in [0.25, 0.3) is 0 Å². The molecule has 0 bridgehead atoms. The van der Waals surface area contributed by atoms with Crippen molar-refractivity contribution in [1.29, 1.82) is 0 Å². The smallest absolute Gasteiger partial charge is 0.231 e. The molecule has 1 N–H and O–H groups in total. The van der Waals surface area contributed by atoms with Gasteiger partial charge in [0.05, 0.1) is 12.6 Å². The minimum Gasteiger partial charge on any atom is -0.499 e. The number of aliphatic hydroxyl groups excluding tert-OH is 1. The van der Waals surface area contributed by atoms with Gasteiger partial charge in [-0.15, -0.1) is 0 Å². The van der Waals surface area contributed by atoms with E-state index in [4.69, 9.17) is 14.2 Å². The van der Waals surface area contributed by atoms with Gasteiger partial charge in [-0.05, 0) is 42.2 Å². The SMILES string of the molecule is COC1=CC23CCC(=O)N2CCc2cc4c(cc2C3C1O)OCO4. The molecular weight excluding hydrogens is 310 g/mol. The zero-order valence-electron chi connectivity index (χ0n) is 13.4. The lowest BCUT2D eigenvalue weighted by atomic mass is 9.78. The number of methoxy groups -OCH3 is 1. The van der Waals surface area contributed by atoms with Gasteiger partial charge in [0.25, 0.3) is 0 Å². The van der Waals surface area contributed by atoms with Crippen LogP contribution in [0.4, 0.5) is 0 Å². The summed E-state index contributed by atoms with van der Waals surface area (Å²) in [7, 11) is 1.57. The summed E-state index contributed by atoms with van der Waals surface area (Å²) in [5, 5.41) is 10.9. The molecule has 0 radical (unpaired) electrons. The van der Waals surface area contributed by atoms with Crippen LogP contribution in [0.15, 0.2) is 24.0 Å². The number of rotatable bonds is 1. The van der Waals surface area contributed by atoms with Crippen molar-refractivity contribution in [3.63, 3.8) is 0 Å². The first-order valence-corrected chi connectivity index (χ1v) is 8.32. The quantitative estimate of drug-likeness (QED) is 0.842. The monoisotopic (exact) mass is 329 g/mol. The number of ether oxygens (including phenoxy) is 3. The molecule has 1 spiro atoms. The van der Waals surface area contributed by atoms with Gasteiger partial charge >= 0.3 is 0 Å². The summed E-state index contributed by atoms with van der Waals surface area (Å²) < 4.78 is 16.5. The van der Waals surface area contributed by atoms with Gasteiger partial charge in [0.15, 0.2) is 11.5 Å². The van der Waals surface area contributed by atoms with E-state index in [2.05, 4.69) is 0 Å². The lowest BCUT2D eigenvalue weighted by molar-refractivity contribution is -0.130. The predicted molar refractivity (Wildman–Crippen MR) is 83.8 cm³/mol. The average Bonchev–Trinajstić information content (AvgIpc) is 3.20. The van der Waals surface area contributed by atoms with E-state index < -0.39 is 11.6 Å². The van der Waals surface area contributed by atoms with Crippen LogP contribution in [-0.4, -0.2) is 48.0 Å². The second kappa shape index (κ2) is 4.66. The Morgan fingerprint density at radius 3 is 2.88 bits per heavy atom. The molecule has 3 aliphatic heterocycles. The average molecular weight is 329 g/mol. The normalized spacial score (nSPS) is 32.8. The number of nitrogens with zero attached hydrogens (tertiary/aromatic N) is 1. The number of benzene rings is 1. The van der Waals surface area contributed by atoms with Crippen LogP contribution in [0.5, 0.6) is 11.5 Å². The number of hydrogen-bond acceptors (Lipinski definition) is 5. The number of amides is 1. The summed E-state index contributed by atoms with van der Waals surface area (Å²) >= 11 is 0. The van der Waals surface area contributed by atoms with Gasteiger partial charge < -0.3 is 24.2 Å². The van der Waals surface area contributed by atoms with E-state index >= 15 is 0 Å². The van der Waals surface area contributed by atoms with Crippen molar-refractivity contribution in [2.75, 3.05) is 20.4 Å². The fourth-order valence-corrected chi connectivity index (χ4v) is 4.83. The number of hydrogen-bond donors (Lipinski definition) is 1. The summed E-state index contributed by atoms with van der Waals surface area (Å²) in [6.45, 7) is 0.866. The van der Waals surface area contributed by atoms with Crippen LogP contribution in [0.2, 0.25) is 0 Å². The maximum Gasteiger partial charge on any atom is 0.231 e. The molecule has 3 unspecified atom stereocenters. The maximum atomic E-state index is 12.5. The summed E-state index contributed by atoms with van der Waals surface area (Å²) in [5.41, 5.74) is 1.64. The van der Waals surface area contributed by atoms with E-state index in [0.717, 1.165) is 23.3 Å². The third-order valence-corrected chi connectivity index (χ3v) is 5.89. The second-order valence-electron chi connectivity index (χ2n) is 6.86. The van der Waals surface area contributed by atoms with Crippen LogP contribution in [0.3, 0.4) is 0 Å². The molecular formula is C18H19NO5. The molecule has 1 amide bonds. The van der Waals surface area contributed by atoms with Crippen molar-refractivity contribution in [2.45, 2.75) is 36.8 Å². The van der Waals surface area contributed by atoms with Gasteiger partial charge in [-0.2, -0.15) is 0 Å². The molecule has 6 nitrogen and oxygen atoms in total. The maximum absolute atomic E-state index is 12.5. The van der Waals surface area contributed by atoms with Crippen molar-refractivity contribution in [2.24, 2.45) is 0 Å². The van der Waals surface area contributed by atoms with Crippen LogP contribution >= 0.6 is 0 Å². The second-order valence-corrected chi connectivity index (χ2v) is 6.86. The van der Waals surface area contributed by atoms with Gasteiger partial charge in [-0.3, -0.25) is 4.79 Å². The Bertz CT molecular complexity index is 773. The first-order valence-electron chi connectivity index (χ1n) is 8.32. The minimum absolute atomic E-state index is 0.147. The van der Waals surface area contributed by atoms with E-state index in [9.17, 15) is 9.90 Å². The van der Waals surface area contributed by atoms with E-state index in [0.29, 0.717) is 30.9 Å². The summed E-state index contributed by atoms with van der Waals surface area (Å²) in [5.74, 6) is 1.91. The van der Waals surface area contributed by atoms with Crippen LogP contribution in [0.1, 0.15) is 29.9 Å². The molecule has 1 aliphatic carbocycles. The zero-order valence-corrected chi connectivity index (χ0v) is 13.4. The molecule has 6 heteroatoms. The first kappa shape index (κ1) is 14.2. The molecule has 0 aromatic heterocycles. The Kier molecular flexibility index (Phi) is 2.75. The van der Waals surface area contributed by atoms with Gasteiger partial charge in [-0.25, -0.2) is 0 Å². The standard InChI is InChI=1S/C18H19NO5/c1-22-14-8-18-4-2-15(20)19(18)5-3-10-6-12-13(24-9-23-12)7-11(10)16(18)17(14)21/h6-8,16-17,21H,2-5,9H2,1H3. The number of aliphatic hydroxyl groups is 1. The molecule has 126 valence electrons. The van der Waals surface area contributed by atoms with Crippen molar-refractivity contribution in [3.8, 4) is 11.5 Å². The summed E-state index contributed by atoms with van der Waals surface area (Å²) in [6.07, 6.45) is 3.16. The highest BCUT2D eigenvalue weighted by molar-refractivity contribution is 5.81. The molecule has 3 atom stereocenters. The molecule has 5 rings (SSSR count). The Morgan fingerprint density at radius 1 is 1.29 bits per heavy atom. The Morgan fingerprint density at radius 2 is 2.08 bits per heavy atom. The zero-order chi connectivity index (χ0) is 16.5. The third-order valence-electron chi connectivity index (χ3n) is 5.89. The Labute approximate surface area is 139 Å². The van der Waals surface area contributed by atoms with Gasteiger partial charge in [0, 0.05) is 18.9 Å². The lowest BCUT2D eigenvalue weighted by Crippen LogP contribution is -2.48. The van der Waals surface area contributed by atoms with Crippen molar-refractivity contribution >= 4 is 5.91 Å². The summed E-state index contributed by atoms with van der Waals surface area (Å²) in [6, 6.07) is 3.97. The number of carbonyl (C=O) groups is 1. The third kappa shape index (κ3) is 1.61. The van der Waals surface area contributed by atoms with E-state index in [1.165, 1.54) is 0 Å². The van der Waals surface area contributed by atoms with E-state index in [1.54, 1.807) is 7.11 Å². The van der Waals surface area contributed by atoms with Crippen LogP contribution in [0, 0.1) is 0 Å². The molecule has 1 saturated heterocycles. The number of fused-ring (bicyclic) bond motifs is 3. The van der Waals surface area contributed by atoms with Gasteiger partial charge in [0.2, 0.25) is 12.7 Å². The van der Waals surface area contributed by atoms with E-state index in [-0.39, 0.29) is 18.6 Å². The van der Waals surface area contributed by atoms with Gasteiger partial charge in [-0.1, -0.05) is 0 Å². The van der Waals surface area contributed by atoms with Crippen molar-refractivity contribution < 1.29 is 24.1 Å². The fraction of sp³-hybridized carbons (Fsp3) is 0.500. The summed E-state index contributed by atoms with van der Waals surface area (Å²) in [4.78, 5) is 14.4. The topological polar surface area (TPSA) is 68.2 Å². The fourth-order valence-electron chi connectivity index (χ4n) is 4.83. The highest BCUT2D eigenvalue weighted by Gasteiger charge is 2.58. The lowest BCUT2D eigenvalue weighted by Gasteiger charge is -2.38. The largest absolute Gasteiger partial charge is 0.499 e. The molecule has 1 aromatic rings. The molecule has 3 heterocycles. The van der Waals surface area contributed by atoms with Crippen LogP contribution in [-0.2, 0) is 16.0 Å². The minimum atomic E-state index is -0.763. The van der Waals surface area contributed by atoms with E-state index in [1.807, 2.05) is 23.1 Å². The van der Waals surface area contributed by atoms with Crippen molar-refractivity contribution in [3.05, 3.63) is 35.1 Å². The predicted octanol–water partition coefficient (Wildman–Crippen LogP) is 1.32. The Hall–Kier alpha value is -2.21. The molecule has 0 saturated carbocycles. The number of carbonyl (C=O) groups excluding carboxylic acids is 1. The molecule has 24 heavy (non-hydrogen) atoms.